The van der Waals surface area contributed by atoms with Crippen LogP contribution in [0.15, 0.2) is 29.3 Å². The average molecular weight is 506 g/mol. The third-order valence-electron chi connectivity index (χ3n) is 3.89. The topological polar surface area (TPSA) is 84.0 Å². The Kier molecular flexibility index (Phi) is 14.3. The molecule has 8 heteroatoms. The molecular weight excluding hydrogens is 471 g/mol. The number of ether oxygens (including phenoxy) is 2. The molecule has 160 valence electrons. The molecule has 1 aromatic carbocycles. The minimum atomic E-state index is -0.0961. The van der Waals surface area contributed by atoms with E-state index in [1.165, 1.54) is 0 Å². The second-order valence-corrected chi connectivity index (χ2v) is 6.38. The number of amides is 1. The van der Waals surface area contributed by atoms with E-state index in [0.717, 1.165) is 24.5 Å². The summed E-state index contributed by atoms with van der Waals surface area (Å²) in [6.07, 6.45) is 1.24. The molecule has 1 amide bonds. The zero-order valence-corrected chi connectivity index (χ0v) is 19.9. The van der Waals surface area contributed by atoms with E-state index in [9.17, 15) is 4.79 Å². The Balaban J connectivity index is 0.00000729. The van der Waals surface area contributed by atoms with Crippen molar-refractivity contribution in [3.8, 4) is 11.5 Å². The summed E-state index contributed by atoms with van der Waals surface area (Å²) in [5, 5.41) is 9.31. The van der Waals surface area contributed by atoms with Crippen LogP contribution >= 0.6 is 24.0 Å². The summed E-state index contributed by atoms with van der Waals surface area (Å²) in [6.45, 7) is 9.78. The Bertz CT molecular complexity index is 599. The molecule has 2 atom stereocenters. The highest BCUT2D eigenvalue weighted by molar-refractivity contribution is 14.0. The molecule has 7 nitrogen and oxygen atoms in total. The highest BCUT2D eigenvalue weighted by Gasteiger charge is 2.07. The molecule has 28 heavy (non-hydrogen) atoms. The van der Waals surface area contributed by atoms with Crippen LogP contribution in [0.2, 0.25) is 0 Å². The normalized spacial score (nSPS) is 13.0. The quantitative estimate of drug-likeness (QED) is 0.244. The fraction of sp³-hybridized carbons (Fsp3) is 0.600. The van der Waals surface area contributed by atoms with Gasteiger partial charge in [-0.2, -0.15) is 0 Å². The minimum absolute atomic E-state index is 0. The number of halogens is 1. The van der Waals surface area contributed by atoms with Crippen molar-refractivity contribution in [1.29, 1.82) is 0 Å². The van der Waals surface area contributed by atoms with Gasteiger partial charge >= 0.3 is 0 Å². The summed E-state index contributed by atoms with van der Waals surface area (Å²) >= 11 is 0. The first-order valence-electron chi connectivity index (χ1n) is 9.60. The van der Waals surface area contributed by atoms with Crippen molar-refractivity contribution in [3.05, 3.63) is 24.3 Å². The van der Waals surface area contributed by atoms with Crippen molar-refractivity contribution in [1.82, 2.24) is 16.0 Å². The van der Waals surface area contributed by atoms with Crippen molar-refractivity contribution in [2.75, 3.05) is 26.7 Å². The van der Waals surface area contributed by atoms with Gasteiger partial charge in [-0.1, -0.05) is 13.0 Å². The number of aliphatic imine (C=N–C) groups is 1. The molecule has 0 aliphatic heterocycles. The van der Waals surface area contributed by atoms with E-state index in [4.69, 9.17) is 9.47 Å². The Morgan fingerprint density at radius 1 is 1.18 bits per heavy atom. The Labute approximate surface area is 186 Å². The number of benzene rings is 1. The van der Waals surface area contributed by atoms with E-state index in [1.807, 2.05) is 52.0 Å². The van der Waals surface area contributed by atoms with Gasteiger partial charge in [0.05, 0.1) is 13.7 Å². The first kappa shape index (κ1) is 26.3. The molecular formula is C20H35IN4O3. The summed E-state index contributed by atoms with van der Waals surface area (Å²) in [7, 11) is 1.63. The predicted octanol–water partition coefficient (Wildman–Crippen LogP) is 2.94. The molecule has 0 aliphatic carbocycles. The van der Waals surface area contributed by atoms with Crippen LogP contribution in [0.5, 0.6) is 11.5 Å². The summed E-state index contributed by atoms with van der Waals surface area (Å²) < 4.78 is 11.1. The number of guanidine groups is 1. The van der Waals surface area contributed by atoms with Crippen LogP contribution < -0.4 is 25.4 Å². The van der Waals surface area contributed by atoms with Gasteiger partial charge in [-0.25, -0.2) is 4.99 Å². The lowest BCUT2D eigenvalue weighted by Gasteiger charge is -2.16. The molecule has 0 heterocycles. The zero-order chi connectivity index (χ0) is 20.1. The molecule has 0 spiro atoms. The maximum atomic E-state index is 11.8. The lowest BCUT2D eigenvalue weighted by molar-refractivity contribution is -0.121. The van der Waals surface area contributed by atoms with Crippen molar-refractivity contribution in [2.45, 2.75) is 52.7 Å². The van der Waals surface area contributed by atoms with Crippen LogP contribution in [0.1, 0.15) is 40.5 Å². The van der Waals surface area contributed by atoms with Gasteiger partial charge in [0.25, 0.3) is 0 Å². The molecule has 2 unspecified atom stereocenters. The van der Waals surface area contributed by atoms with E-state index in [1.54, 1.807) is 7.11 Å². The number of nitrogens with one attached hydrogen (secondary N) is 3. The third-order valence-corrected chi connectivity index (χ3v) is 3.89. The van der Waals surface area contributed by atoms with Crippen LogP contribution in [0.25, 0.3) is 0 Å². The lowest BCUT2D eigenvalue weighted by Crippen LogP contribution is -2.40. The number of carbonyl (C=O) groups excluding carboxylic acids is 1. The molecule has 0 aliphatic rings. The number of methoxy groups -OCH3 is 1. The second-order valence-electron chi connectivity index (χ2n) is 6.38. The largest absolute Gasteiger partial charge is 0.497 e. The molecule has 0 fully saturated rings. The summed E-state index contributed by atoms with van der Waals surface area (Å²) in [5.74, 6) is 2.22. The average Bonchev–Trinajstić information content (AvgIpc) is 2.66. The van der Waals surface area contributed by atoms with Crippen molar-refractivity contribution in [3.63, 3.8) is 0 Å². The van der Waals surface area contributed by atoms with E-state index >= 15 is 0 Å². The van der Waals surface area contributed by atoms with Gasteiger partial charge in [0.15, 0.2) is 5.96 Å². The SMILES string of the molecule is CCNC(=NCC(C)Oc1cccc(OC)c1)NCCC(=O)NC(C)CC.I. The predicted molar refractivity (Wildman–Crippen MR) is 125 cm³/mol. The number of nitrogens with zero attached hydrogens (tertiary/aromatic N) is 1. The van der Waals surface area contributed by atoms with Gasteiger partial charge in [-0.05, 0) is 39.3 Å². The smallest absolute Gasteiger partial charge is 0.221 e. The van der Waals surface area contributed by atoms with Crippen LogP contribution in [0, 0.1) is 0 Å². The Hall–Kier alpha value is -1.71. The standard InChI is InChI=1S/C20H34N4O3.HI/c1-6-15(3)24-19(25)11-12-22-20(21-7-2)23-14-16(4)27-18-10-8-9-17(13-18)26-5;/h8-10,13,15-16H,6-7,11-12,14H2,1-5H3,(H,24,25)(H2,21,22,23);1H. The maximum absolute atomic E-state index is 11.8. The Morgan fingerprint density at radius 3 is 2.54 bits per heavy atom. The summed E-state index contributed by atoms with van der Waals surface area (Å²) in [4.78, 5) is 16.4. The van der Waals surface area contributed by atoms with Crippen LogP contribution in [0.3, 0.4) is 0 Å². The first-order chi connectivity index (χ1) is 13.0. The van der Waals surface area contributed by atoms with Gasteiger partial charge in [0.2, 0.25) is 5.91 Å². The van der Waals surface area contributed by atoms with Crippen LogP contribution in [-0.2, 0) is 4.79 Å². The summed E-state index contributed by atoms with van der Waals surface area (Å²) in [5.41, 5.74) is 0. The second kappa shape index (κ2) is 15.2. The number of carbonyl (C=O) groups is 1. The lowest BCUT2D eigenvalue weighted by atomic mass is 10.2. The van der Waals surface area contributed by atoms with Crippen molar-refractivity contribution < 1.29 is 14.3 Å². The monoisotopic (exact) mass is 506 g/mol. The van der Waals surface area contributed by atoms with Crippen LogP contribution in [-0.4, -0.2) is 50.8 Å². The first-order valence-corrected chi connectivity index (χ1v) is 9.60. The van der Waals surface area contributed by atoms with E-state index < -0.39 is 0 Å². The molecule has 3 N–H and O–H groups in total. The molecule has 0 saturated carbocycles. The minimum Gasteiger partial charge on any atom is -0.497 e. The molecule has 0 saturated heterocycles. The number of hydrogen-bond donors (Lipinski definition) is 3. The highest BCUT2D eigenvalue weighted by Crippen LogP contribution is 2.19. The molecule has 0 radical (unpaired) electrons. The van der Waals surface area contributed by atoms with Gasteiger partial charge in [-0.15, -0.1) is 24.0 Å². The van der Waals surface area contributed by atoms with Crippen molar-refractivity contribution in [2.24, 2.45) is 4.99 Å². The summed E-state index contributed by atoms with van der Waals surface area (Å²) in [6, 6.07) is 7.70. The van der Waals surface area contributed by atoms with Gasteiger partial charge < -0.3 is 25.4 Å². The van der Waals surface area contributed by atoms with Crippen molar-refractivity contribution >= 4 is 35.8 Å². The molecule has 0 bridgehead atoms. The van der Waals surface area contributed by atoms with Crippen LogP contribution in [0.4, 0.5) is 0 Å². The Morgan fingerprint density at radius 2 is 1.89 bits per heavy atom. The number of rotatable bonds is 11. The molecule has 1 aromatic rings. The van der Waals surface area contributed by atoms with E-state index in [-0.39, 0.29) is 42.0 Å². The molecule has 1 rings (SSSR count). The van der Waals surface area contributed by atoms with Gasteiger partial charge in [0, 0.05) is 31.6 Å². The van der Waals surface area contributed by atoms with E-state index in [0.29, 0.717) is 25.5 Å². The highest BCUT2D eigenvalue weighted by atomic mass is 127. The fourth-order valence-corrected chi connectivity index (χ4v) is 2.25. The zero-order valence-electron chi connectivity index (χ0n) is 17.6. The van der Waals surface area contributed by atoms with Gasteiger partial charge in [0.1, 0.15) is 17.6 Å². The third kappa shape index (κ3) is 11.2. The van der Waals surface area contributed by atoms with E-state index in [2.05, 4.69) is 20.9 Å². The number of hydrogen-bond acceptors (Lipinski definition) is 4. The fourth-order valence-electron chi connectivity index (χ4n) is 2.25. The molecule has 0 aromatic heterocycles. The maximum Gasteiger partial charge on any atom is 0.221 e. The van der Waals surface area contributed by atoms with Gasteiger partial charge in [-0.3, -0.25) is 4.79 Å².